The Kier molecular flexibility index (Phi) is 5.83. The summed E-state index contributed by atoms with van der Waals surface area (Å²) in [6, 6.07) is 9.21. The molecule has 8 heteroatoms. The Morgan fingerprint density at radius 2 is 1.80 bits per heavy atom. The van der Waals surface area contributed by atoms with E-state index in [-0.39, 0.29) is 0 Å². The molecule has 0 radical (unpaired) electrons. The highest BCUT2D eigenvalue weighted by molar-refractivity contribution is 7.80. The zero-order chi connectivity index (χ0) is 17.8. The zero-order valence-corrected chi connectivity index (χ0v) is 16.0. The van der Waals surface area contributed by atoms with Crippen molar-refractivity contribution in [3.8, 4) is 5.75 Å². The van der Waals surface area contributed by atoms with Crippen molar-refractivity contribution in [3.63, 3.8) is 0 Å². The van der Waals surface area contributed by atoms with Gasteiger partial charge in [0.05, 0.1) is 7.11 Å². The van der Waals surface area contributed by atoms with Gasteiger partial charge in [0.15, 0.2) is 5.11 Å². The fourth-order valence-corrected chi connectivity index (χ4v) is 3.49. The van der Waals surface area contributed by atoms with Crippen molar-refractivity contribution in [1.82, 2.24) is 9.88 Å². The summed E-state index contributed by atoms with van der Waals surface area (Å²) in [6.45, 7) is 3.29. The minimum Gasteiger partial charge on any atom is -0.497 e. The first-order valence-corrected chi connectivity index (χ1v) is 8.98. The largest absolute Gasteiger partial charge is 0.497 e. The van der Waals surface area contributed by atoms with E-state index in [0.717, 1.165) is 37.6 Å². The second kappa shape index (κ2) is 8.08. The molecule has 0 spiro atoms. The fraction of sp³-hybridized carbons (Fsp3) is 0.294. The highest BCUT2D eigenvalue weighted by Gasteiger charge is 2.20. The van der Waals surface area contributed by atoms with E-state index < -0.39 is 0 Å². The van der Waals surface area contributed by atoms with Gasteiger partial charge >= 0.3 is 0 Å². The summed E-state index contributed by atoms with van der Waals surface area (Å²) >= 11 is 17.7. The molecule has 1 aliphatic heterocycles. The van der Waals surface area contributed by atoms with Crippen molar-refractivity contribution in [3.05, 3.63) is 46.6 Å². The van der Waals surface area contributed by atoms with E-state index in [1.165, 1.54) is 0 Å². The number of hydrogen-bond donors (Lipinski definition) is 1. The Labute approximate surface area is 162 Å². The number of ether oxygens (including phenoxy) is 1. The van der Waals surface area contributed by atoms with Crippen LogP contribution in [0, 0.1) is 0 Å². The van der Waals surface area contributed by atoms with Crippen LogP contribution >= 0.6 is 35.4 Å². The molecule has 1 aromatic carbocycles. The molecule has 0 amide bonds. The molecule has 0 bridgehead atoms. The van der Waals surface area contributed by atoms with Crippen molar-refractivity contribution >= 4 is 52.0 Å². The molecule has 5 nitrogen and oxygen atoms in total. The lowest BCUT2D eigenvalue weighted by Crippen LogP contribution is -2.50. The molecule has 0 unspecified atom stereocenters. The Balaban J connectivity index is 1.58. The molecular weight excluding hydrogens is 379 g/mol. The van der Waals surface area contributed by atoms with Gasteiger partial charge in [0.25, 0.3) is 0 Å². The van der Waals surface area contributed by atoms with Crippen molar-refractivity contribution in [2.45, 2.75) is 0 Å². The van der Waals surface area contributed by atoms with E-state index in [0.29, 0.717) is 21.0 Å². The van der Waals surface area contributed by atoms with Crippen LogP contribution < -0.4 is 15.0 Å². The molecule has 0 atom stereocenters. The van der Waals surface area contributed by atoms with Crippen LogP contribution in [-0.2, 0) is 0 Å². The Hall–Kier alpha value is -1.76. The molecule has 2 heterocycles. The van der Waals surface area contributed by atoms with Gasteiger partial charge in [-0.2, -0.15) is 0 Å². The van der Waals surface area contributed by atoms with E-state index in [2.05, 4.69) is 20.1 Å². The van der Waals surface area contributed by atoms with E-state index in [4.69, 9.17) is 40.2 Å². The van der Waals surface area contributed by atoms with Crippen LogP contribution in [0.2, 0.25) is 10.0 Å². The topological polar surface area (TPSA) is 40.6 Å². The molecule has 0 aliphatic carbocycles. The lowest BCUT2D eigenvalue weighted by molar-refractivity contribution is 0.390. The summed E-state index contributed by atoms with van der Waals surface area (Å²) < 4.78 is 5.20. The first kappa shape index (κ1) is 18.0. The van der Waals surface area contributed by atoms with Gasteiger partial charge in [0.1, 0.15) is 11.6 Å². The number of aromatic nitrogens is 1. The average molecular weight is 397 g/mol. The lowest BCUT2D eigenvalue weighted by atomic mass is 10.2. The number of rotatable bonds is 3. The molecule has 1 aromatic heterocycles. The second-order valence-corrected chi connectivity index (χ2v) is 6.87. The van der Waals surface area contributed by atoms with E-state index >= 15 is 0 Å². The number of nitrogens with zero attached hydrogens (tertiary/aromatic N) is 3. The standard InChI is InChI=1S/C17H18Cl2N4OS/c1-24-15-2-3-20-16(11-15)21-17(25)23-6-4-22(5-7-23)14-9-12(18)8-13(19)10-14/h2-3,8-11H,4-7H2,1H3,(H,20,21,25). The molecule has 1 N–H and O–H groups in total. The van der Waals surface area contributed by atoms with Crippen molar-refractivity contribution < 1.29 is 4.74 Å². The molecule has 1 aliphatic rings. The predicted molar refractivity (Wildman–Crippen MR) is 107 cm³/mol. The molecule has 1 fully saturated rings. The minimum atomic E-state index is 0.645. The Morgan fingerprint density at radius 3 is 2.44 bits per heavy atom. The Morgan fingerprint density at radius 1 is 1.12 bits per heavy atom. The summed E-state index contributed by atoms with van der Waals surface area (Å²) in [4.78, 5) is 8.63. The first-order valence-electron chi connectivity index (χ1n) is 7.82. The summed E-state index contributed by atoms with van der Waals surface area (Å²) in [5.74, 6) is 1.41. The van der Waals surface area contributed by atoms with Gasteiger partial charge in [-0.3, -0.25) is 0 Å². The van der Waals surface area contributed by atoms with Gasteiger partial charge in [0, 0.05) is 54.2 Å². The van der Waals surface area contributed by atoms with Crippen LogP contribution in [0.25, 0.3) is 0 Å². The van der Waals surface area contributed by atoms with E-state index in [1.807, 2.05) is 18.2 Å². The molecule has 25 heavy (non-hydrogen) atoms. The normalized spacial score (nSPS) is 14.4. The molecule has 0 saturated carbocycles. The lowest BCUT2D eigenvalue weighted by Gasteiger charge is -2.37. The number of nitrogens with one attached hydrogen (secondary N) is 1. The fourth-order valence-electron chi connectivity index (χ4n) is 2.68. The SMILES string of the molecule is COc1ccnc(NC(=S)N2CCN(c3cc(Cl)cc(Cl)c3)CC2)c1. The first-order chi connectivity index (χ1) is 12.0. The predicted octanol–water partition coefficient (Wildman–Crippen LogP) is 3.92. The molecule has 1 saturated heterocycles. The van der Waals surface area contributed by atoms with Crippen LogP contribution in [-0.4, -0.2) is 48.3 Å². The maximum atomic E-state index is 6.09. The van der Waals surface area contributed by atoms with Crippen molar-refractivity contribution in [1.29, 1.82) is 0 Å². The van der Waals surface area contributed by atoms with Gasteiger partial charge in [0.2, 0.25) is 0 Å². The molecular formula is C17H18Cl2N4OS. The van der Waals surface area contributed by atoms with E-state index in [9.17, 15) is 0 Å². The Bertz CT molecular complexity index is 746. The number of methoxy groups -OCH3 is 1. The number of thiocarbonyl (C=S) groups is 1. The van der Waals surface area contributed by atoms with Crippen LogP contribution in [0.15, 0.2) is 36.5 Å². The third-order valence-electron chi connectivity index (χ3n) is 3.98. The maximum absolute atomic E-state index is 6.09. The highest BCUT2D eigenvalue weighted by Crippen LogP contribution is 2.26. The van der Waals surface area contributed by atoms with Gasteiger partial charge < -0.3 is 19.9 Å². The number of pyridine rings is 1. The van der Waals surface area contributed by atoms with Gasteiger partial charge in [-0.05, 0) is 36.5 Å². The minimum absolute atomic E-state index is 0.645. The molecule has 2 aromatic rings. The number of anilines is 2. The third-order valence-corrected chi connectivity index (χ3v) is 4.78. The average Bonchev–Trinajstić information content (AvgIpc) is 2.61. The van der Waals surface area contributed by atoms with Gasteiger partial charge in [-0.25, -0.2) is 4.98 Å². The molecule has 3 rings (SSSR count). The number of benzene rings is 1. The van der Waals surface area contributed by atoms with Crippen LogP contribution in [0.3, 0.4) is 0 Å². The summed E-state index contributed by atoms with van der Waals surface area (Å²) in [5, 5.41) is 5.11. The monoisotopic (exact) mass is 396 g/mol. The summed E-state index contributed by atoms with van der Waals surface area (Å²) in [6.07, 6.45) is 1.69. The second-order valence-electron chi connectivity index (χ2n) is 5.61. The van der Waals surface area contributed by atoms with Crippen LogP contribution in [0.4, 0.5) is 11.5 Å². The van der Waals surface area contributed by atoms with Gasteiger partial charge in [-0.1, -0.05) is 23.2 Å². The number of hydrogen-bond acceptors (Lipinski definition) is 4. The number of piperazine rings is 1. The smallest absolute Gasteiger partial charge is 0.174 e. The maximum Gasteiger partial charge on any atom is 0.174 e. The highest BCUT2D eigenvalue weighted by atomic mass is 35.5. The van der Waals surface area contributed by atoms with E-state index in [1.54, 1.807) is 25.4 Å². The van der Waals surface area contributed by atoms with Crippen molar-refractivity contribution in [2.75, 3.05) is 43.5 Å². The third kappa shape index (κ3) is 4.66. The van der Waals surface area contributed by atoms with Crippen LogP contribution in [0.1, 0.15) is 0 Å². The number of halogens is 2. The zero-order valence-electron chi connectivity index (χ0n) is 13.7. The quantitative estimate of drug-likeness (QED) is 0.792. The van der Waals surface area contributed by atoms with Crippen molar-refractivity contribution in [2.24, 2.45) is 0 Å². The summed E-state index contributed by atoms with van der Waals surface area (Å²) in [7, 11) is 1.62. The summed E-state index contributed by atoms with van der Waals surface area (Å²) in [5.41, 5.74) is 1.03. The molecule has 132 valence electrons. The van der Waals surface area contributed by atoms with Crippen LogP contribution in [0.5, 0.6) is 5.75 Å². The van der Waals surface area contributed by atoms with Gasteiger partial charge in [-0.15, -0.1) is 0 Å².